The number of ether oxygens (including phenoxy) is 2. The maximum Gasteiger partial charge on any atom is 0.322 e. The molecular weight excluding hydrogens is 194 g/mol. The minimum atomic E-state index is -0.572. The normalized spacial score (nSPS) is 13.0. The molecule has 0 heterocycles. The summed E-state index contributed by atoms with van der Waals surface area (Å²) in [5, 5.41) is 0. The number of carbonyl (C=O) groups excluding carboxylic acids is 1. The third-order valence-corrected chi connectivity index (χ3v) is 1.49. The highest BCUT2D eigenvalue weighted by Crippen LogP contribution is 2.07. The second kappa shape index (κ2) is 6.18. The van der Waals surface area contributed by atoms with Crippen molar-refractivity contribution in [2.75, 3.05) is 13.7 Å². The first-order valence-electron chi connectivity index (χ1n) is 3.86. The van der Waals surface area contributed by atoms with E-state index < -0.39 is 17.6 Å². The Balaban J connectivity index is 0. The Labute approximate surface area is 85.2 Å². The zero-order chi connectivity index (χ0) is 9.78. The second-order valence-electron chi connectivity index (χ2n) is 3.36. The molecule has 0 bridgehead atoms. The van der Waals surface area contributed by atoms with Gasteiger partial charge in [-0.2, -0.15) is 0 Å². The van der Waals surface area contributed by atoms with E-state index in [9.17, 15) is 4.79 Å². The monoisotopic (exact) mass is 211 g/mol. The van der Waals surface area contributed by atoms with Crippen molar-refractivity contribution in [1.29, 1.82) is 0 Å². The summed E-state index contributed by atoms with van der Waals surface area (Å²) >= 11 is 0. The van der Waals surface area contributed by atoms with Crippen LogP contribution in [0.1, 0.15) is 20.8 Å². The number of nitrogens with two attached hydrogens (primary N) is 1. The van der Waals surface area contributed by atoms with Crippen LogP contribution in [0.15, 0.2) is 0 Å². The molecule has 80 valence electrons. The molecule has 0 spiro atoms. The predicted molar refractivity (Wildman–Crippen MR) is 52.9 cm³/mol. The lowest BCUT2D eigenvalue weighted by atomic mass is 10.1. The van der Waals surface area contributed by atoms with Crippen molar-refractivity contribution in [3.05, 3.63) is 0 Å². The van der Waals surface area contributed by atoms with Gasteiger partial charge in [0.1, 0.15) is 12.6 Å². The average molecular weight is 212 g/mol. The highest BCUT2D eigenvalue weighted by atomic mass is 35.5. The smallest absolute Gasteiger partial charge is 0.322 e. The van der Waals surface area contributed by atoms with Crippen molar-refractivity contribution in [2.45, 2.75) is 32.4 Å². The summed E-state index contributed by atoms with van der Waals surface area (Å²) in [6.45, 7) is 5.48. The molecule has 0 aliphatic heterocycles. The molecule has 0 radical (unpaired) electrons. The van der Waals surface area contributed by atoms with Gasteiger partial charge in [0.15, 0.2) is 0 Å². The van der Waals surface area contributed by atoms with Crippen LogP contribution in [-0.4, -0.2) is 31.3 Å². The Hall–Kier alpha value is -0.320. The fraction of sp³-hybridized carbons (Fsp3) is 0.875. The molecular formula is C8H18ClNO3. The van der Waals surface area contributed by atoms with Gasteiger partial charge in [0.2, 0.25) is 0 Å². The Morgan fingerprint density at radius 3 is 2.31 bits per heavy atom. The largest absolute Gasteiger partial charge is 0.461 e. The third kappa shape index (κ3) is 6.81. The van der Waals surface area contributed by atoms with Crippen LogP contribution in [0.5, 0.6) is 0 Å². The van der Waals surface area contributed by atoms with Gasteiger partial charge in [-0.25, -0.2) is 0 Å². The van der Waals surface area contributed by atoms with Gasteiger partial charge < -0.3 is 15.2 Å². The lowest BCUT2D eigenvalue weighted by molar-refractivity contribution is -0.152. The fourth-order valence-corrected chi connectivity index (χ4v) is 0.435. The summed E-state index contributed by atoms with van der Waals surface area (Å²) in [4.78, 5) is 10.9. The highest BCUT2D eigenvalue weighted by molar-refractivity contribution is 5.85. The van der Waals surface area contributed by atoms with E-state index in [4.69, 9.17) is 15.2 Å². The topological polar surface area (TPSA) is 61.5 Å². The fourth-order valence-electron chi connectivity index (χ4n) is 0.435. The van der Waals surface area contributed by atoms with Crippen LogP contribution in [0.3, 0.4) is 0 Å². The number of hydrogen-bond donors (Lipinski definition) is 1. The molecule has 0 aromatic carbocycles. The minimum absolute atomic E-state index is 0. The maximum atomic E-state index is 10.9. The maximum absolute atomic E-state index is 10.9. The van der Waals surface area contributed by atoms with Gasteiger partial charge in [-0.05, 0) is 20.8 Å². The van der Waals surface area contributed by atoms with Crippen LogP contribution in [0.25, 0.3) is 0 Å². The minimum Gasteiger partial charge on any atom is -0.461 e. The molecule has 0 aromatic heterocycles. The summed E-state index contributed by atoms with van der Waals surface area (Å²) in [6, 6.07) is -0.572. The molecule has 5 heteroatoms. The molecule has 0 fully saturated rings. The van der Waals surface area contributed by atoms with Crippen LogP contribution in [-0.2, 0) is 14.3 Å². The zero-order valence-electron chi connectivity index (χ0n) is 8.49. The van der Waals surface area contributed by atoms with E-state index in [-0.39, 0.29) is 19.0 Å². The van der Waals surface area contributed by atoms with Gasteiger partial charge in [0.25, 0.3) is 0 Å². The number of esters is 1. The Morgan fingerprint density at radius 2 is 2.00 bits per heavy atom. The number of carbonyl (C=O) groups is 1. The van der Waals surface area contributed by atoms with Gasteiger partial charge >= 0.3 is 5.97 Å². The summed E-state index contributed by atoms with van der Waals surface area (Å²) in [5.74, 6) is -0.403. The molecule has 0 amide bonds. The van der Waals surface area contributed by atoms with Crippen molar-refractivity contribution in [1.82, 2.24) is 0 Å². The van der Waals surface area contributed by atoms with Crippen LogP contribution in [0, 0.1) is 0 Å². The molecule has 13 heavy (non-hydrogen) atoms. The van der Waals surface area contributed by atoms with Gasteiger partial charge in [-0.1, -0.05) is 0 Å². The molecule has 0 saturated carbocycles. The number of rotatable bonds is 4. The second-order valence-corrected chi connectivity index (χ2v) is 3.36. The van der Waals surface area contributed by atoms with E-state index in [0.717, 1.165) is 0 Å². The van der Waals surface area contributed by atoms with Gasteiger partial charge in [0.05, 0.1) is 5.60 Å². The third-order valence-electron chi connectivity index (χ3n) is 1.49. The molecule has 0 aromatic rings. The zero-order valence-corrected chi connectivity index (χ0v) is 9.31. The Bertz CT molecular complexity index is 159. The lowest BCUT2D eigenvalue weighted by Gasteiger charge is -2.22. The lowest BCUT2D eigenvalue weighted by Crippen LogP contribution is -2.35. The van der Waals surface area contributed by atoms with E-state index in [1.165, 1.54) is 0 Å². The standard InChI is InChI=1S/C8H17NO3.ClH/c1-6(9)7(10)12-5-8(2,3)11-4;/h6H,5,9H2,1-4H3;1H/t6-;/m0./s1. The first-order chi connectivity index (χ1) is 5.39. The van der Waals surface area contributed by atoms with Crippen molar-refractivity contribution in [2.24, 2.45) is 5.73 Å². The predicted octanol–water partition coefficient (Wildman–Crippen LogP) is 0.724. The first kappa shape index (κ1) is 15.2. The number of methoxy groups -OCH3 is 1. The van der Waals surface area contributed by atoms with E-state index in [1.54, 1.807) is 14.0 Å². The van der Waals surface area contributed by atoms with Crippen molar-refractivity contribution < 1.29 is 14.3 Å². The summed E-state index contributed by atoms with van der Waals surface area (Å²) in [7, 11) is 1.57. The highest BCUT2D eigenvalue weighted by Gasteiger charge is 2.20. The van der Waals surface area contributed by atoms with Crippen molar-refractivity contribution in [3.8, 4) is 0 Å². The summed E-state index contributed by atoms with van der Waals surface area (Å²) in [5.41, 5.74) is 4.85. The van der Waals surface area contributed by atoms with E-state index >= 15 is 0 Å². The van der Waals surface area contributed by atoms with Crippen LogP contribution in [0.4, 0.5) is 0 Å². The van der Waals surface area contributed by atoms with E-state index in [1.807, 2.05) is 13.8 Å². The van der Waals surface area contributed by atoms with Crippen LogP contribution < -0.4 is 5.73 Å². The number of hydrogen-bond acceptors (Lipinski definition) is 4. The molecule has 1 atom stereocenters. The van der Waals surface area contributed by atoms with Gasteiger partial charge in [-0.3, -0.25) is 4.79 Å². The molecule has 0 aliphatic rings. The van der Waals surface area contributed by atoms with Crippen molar-refractivity contribution in [3.63, 3.8) is 0 Å². The van der Waals surface area contributed by atoms with Gasteiger partial charge in [-0.15, -0.1) is 12.4 Å². The van der Waals surface area contributed by atoms with Gasteiger partial charge in [0, 0.05) is 7.11 Å². The molecule has 0 aliphatic carbocycles. The van der Waals surface area contributed by atoms with E-state index in [0.29, 0.717) is 0 Å². The summed E-state index contributed by atoms with van der Waals surface area (Å²) in [6.07, 6.45) is 0. The van der Waals surface area contributed by atoms with Crippen LogP contribution in [0.2, 0.25) is 0 Å². The Morgan fingerprint density at radius 1 is 1.54 bits per heavy atom. The van der Waals surface area contributed by atoms with Crippen molar-refractivity contribution >= 4 is 18.4 Å². The molecule has 0 saturated heterocycles. The first-order valence-corrected chi connectivity index (χ1v) is 3.86. The SMILES string of the molecule is COC(C)(C)COC(=O)[C@H](C)N.Cl. The summed E-state index contributed by atoms with van der Waals surface area (Å²) < 4.78 is 9.92. The molecule has 4 nitrogen and oxygen atoms in total. The Kier molecular flexibility index (Phi) is 7.21. The number of halogens is 1. The molecule has 0 unspecified atom stereocenters. The molecule has 2 N–H and O–H groups in total. The van der Waals surface area contributed by atoms with Crippen LogP contribution >= 0.6 is 12.4 Å². The molecule has 0 rings (SSSR count). The average Bonchev–Trinajstić information content (AvgIpc) is 2.00. The quantitative estimate of drug-likeness (QED) is 0.697. The van der Waals surface area contributed by atoms with E-state index in [2.05, 4.69) is 0 Å².